The molecule has 1 fully saturated rings. The molecule has 1 aromatic carbocycles. The number of rotatable bonds is 1. The van der Waals surface area contributed by atoms with Crippen molar-refractivity contribution in [3.8, 4) is 0 Å². The van der Waals surface area contributed by atoms with Crippen LogP contribution in [-0.2, 0) is 15.1 Å². The number of hydrogen-bond donors (Lipinski definition) is 2. The van der Waals surface area contributed by atoms with Gasteiger partial charge in [0, 0.05) is 17.5 Å². The molecule has 2 amide bonds. The summed E-state index contributed by atoms with van der Waals surface area (Å²) < 4.78 is 56.3. The molecule has 1 unspecified atom stereocenters. The lowest BCUT2D eigenvalue weighted by molar-refractivity contribution is -0.140. The second-order valence-electron chi connectivity index (χ2n) is 4.92. The molecule has 22 heavy (non-hydrogen) atoms. The summed E-state index contributed by atoms with van der Waals surface area (Å²) in [4.78, 5) is 41.9. The van der Waals surface area contributed by atoms with Crippen LogP contribution in [0.2, 0.25) is 0 Å². The minimum absolute atomic E-state index is 0.265. The largest absolute Gasteiger partial charge is 0.398 e. The fourth-order valence-electron chi connectivity index (χ4n) is 2.36. The van der Waals surface area contributed by atoms with Crippen molar-refractivity contribution >= 4 is 28.4 Å². The molecule has 0 bridgehead atoms. The van der Waals surface area contributed by atoms with Gasteiger partial charge < -0.3 is 5.73 Å². The van der Waals surface area contributed by atoms with Crippen LogP contribution in [0.1, 0.15) is 35.1 Å². The average molecular weight is 307 g/mol. The smallest absolute Gasteiger partial charge is 0.264 e. The summed E-state index contributed by atoms with van der Waals surface area (Å²) in [7, 11) is 0. The summed E-state index contributed by atoms with van der Waals surface area (Å²) >= 11 is 0. The Morgan fingerprint density at radius 1 is 1.45 bits per heavy atom. The minimum atomic E-state index is -3.18. The Hall–Kier alpha value is -2.70. The molecule has 7 heteroatoms. The third-order valence-electron chi connectivity index (χ3n) is 3.43. The summed E-state index contributed by atoms with van der Waals surface area (Å²) in [5.74, 6) is -3.01. The average Bonchev–Trinajstić information content (AvgIpc) is 2.62. The zero-order valence-electron chi connectivity index (χ0n) is 18.7. The van der Waals surface area contributed by atoms with E-state index in [2.05, 4.69) is 4.98 Å². The number of nitrogens with one attached hydrogen (secondary N) is 1. The minimum Gasteiger partial charge on any atom is -0.398 e. The van der Waals surface area contributed by atoms with Gasteiger partial charge in [0.2, 0.25) is 5.91 Å². The van der Waals surface area contributed by atoms with E-state index in [9.17, 15) is 14.4 Å². The number of carbonyl (C=O) groups is 2. The molecule has 0 aliphatic carbocycles. The number of nitrogen functional groups attached to an aromatic ring is 1. The molecule has 1 aliphatic rings. The van der Waals surface area contributed by atoms with Crippen molar-refractivity contribution in [1.29, 1.82) is 0 Å². The zero-order valence-corrected chi connectivity index (χ0v) is 11.7. The monoisotopic (exact) mass is 307 g/mol. The summed E-state index contributed by atoms with van der Waals surface area (Å²) in [5.41, 5.74) is 1.36. The molecule has 0 spiro atoms. The topological polar surface area (TPSA) is 107 Å². The van der Waals surface area contributed by atoms with E-state index in [-0.39, 0.29) is 11.3 Å². The summed E-state index contributed by atoms with van der Waals surface area (Å²) in [6, 6.07) is -1.71. The molecule has 1 aliphatic heterocycles. The van der Waals surface area contributed by atoms with Crippen molar-refractivity contribution in [2.45, 2.75) is 32.1 Å². The first kappa shape index (κ1) is 8.07. The molecule has 0 saturated carbocycles. The second-order valence-corrected chi connectivity index (χ2v) is 4.92. The number of nitrogens with zero attached hydrogens (tertiary/aromatic N) is 2. The zero-order chi connectivity index (χ0) is 22.3. The number of amides is 2. The maximum absolute atomic E-state index is 13.3. The van der Waals surface area contributed by atoms with Crippen molar-refractivity contribution < 1.29 is 19.2 Å². The van der Waals surface area contributed by atoms with E-state index < -0.39 is 64.9 Å². The lowest BCUT2D eigenvalue weighted by Crippen LogP contribution is -2.56. The first-order valence-corrected chi connectivity index (χ1v) is 6.27. The van der Waals surface area contributed by atoms with Gasteiger partial charge in [-0.1, -0.05) is 6.04 Å². The highest BCUT2D eigenvalue weighted by atomic mass is 16.2. The lowest BCUT2D eigenvalue weighted by atomic mass is 9.90. The van der Waals surface area contributed by atoms with Crippen LogP contribution in [0.4, 0.5) is 5.69 Å². The van der Waals surface area contributed by atoms with Crippen LogP contribution in [0.25, 0.3) is 10.9 Å². The van der Waals surface area contributed by atoms with Gasteiger partial charge in [0.05, 0.1) is 15.0 Å². The Bertz CT molecular complexity index is 1180. The normalized spacial score (nSPS) is 31.1. The van der Waals surface area contributed by atoms with Gasteiger partial charge in [0.15, 0.2) is 0 Å². The third-order valence-corrected chi connectivity index (χ3v) is 3.43. The Morgan fingerprint density at radius 3 is 2.91 bits per heavy atom. The molecule has 114 valence electrons. The first-order chi connectivity index (χ1) is 13.1. The Labute approximate surface area is 136 Å². The van der Waals surface area contributed by atoms with Crippen molar-refractivity contribution in [3.63, 3.8) is 0 Å². The number of aryl methyl sites for hydroxylation is 1. The molecule has 3 N–H and O–H groups in total. The predicted octanol–water partition coefficient (Wildman–Crippen LogP) is 0.439. The molecular formula is C15H16N4O3. The van der Waals surface area contributed by atoms with Gasteiger partial charge in [-0.3, -0.25) is 24.3 Å². The molecule has 1 saturated heterocycles. The molecule has 1 atom stereocenters. The number of fused-ring (bicyclic) bond motifs is 1. The number of piperidine rings is 1. The maximum Gasteiger partial charge on any atom is 0.264 e. The molecule has 7 nitrogen and oxygen atoms in total. The Balaban J connectivity index is 2.52. The van der Waals surface area contributed by atoms with Crippen LogP contribution >= 0.6 is 0 Å². The molecule has 2 heterocycles. The molecule has 3 rings (SSSR count). The summed E-state index contributed by atoms with van der Waals surface area (Å²) in [5, 5.41) is 1.28. The quantitative estimate of drug-likeness (QED) is 0.587. The van der Waals surface area contributed by atoms with Crippen LogP contribution < -0.4 is 16.6 Å². The third kappa shape index (κ3) is 1.89. The number of nitrogens with two attached hydrogens (primary N) is 1. The van der Waals surface area contributed by atoms with Crippen LogP contribution in [0.3, 0.4) is 0 Å². The van der Waals surface area contributed by atoms with Gasteiger partial charge in [0.1, 0.15) is 11.4 Å². The molecule has 1 aromatic heterocycles. The van der Waals surface area contributed by atoms with Crippen LogP contribution in [0.15, 0.2) is 22.9 Å². The number of anilines is 1. The molecule has 2 aromatic rings. The highest BCUT2D eigenvalue weighted by molar-refractivity contribution is 6.01. The Kier molecular flexibility index (Phi) is 1.71. The van der Waals surface area contributed by atoms with Crippen molar-refractivity contribution in [3.05, 3.63) is 34.3 Å². The summed E-state index contributed by atoms with van der Waals surface area (Å²) in [6.45, 7) is 2.18. The lowest BCUT2D eigenvalue weighted by Gasteiger charge is -2.34. The van der Waals surface area contributed by atoms with Gasteiger partial charge in [-0.05, 0) is 32.3 Å². The standard InChI is InChI=1S/C15H16N4O3/c1-8-17-10-5-3-4-9(16)12(10)13(21)19(8)15(2)7-6-11(20)18-14(15)22/h3-5H,6-7,16H2,1-2H3,(H,18,20,22)/i3D,4D,5D,6D2,7D2. The summed E-state index contributed by atoms with van der Waals surface area (Å²) in [6.07, 6.45) is -6.35. The van der Waals surface area contributed by atoms with E-state index >= 15 is 0 Å². The first-order valence-electron chi connectivity index (χ1n) is 9.77. The Morgan fingerprint density at radius 2 is 2.18 bits per heavy atom. The highest BCUT2D eigenvalue weighted by Crippen LogP contribution is 2.27. The number of hydrogen-bond acceptors (Lipinski definition) is 5. The van der Waals surface area contributed by atoms with Gasteiger partial charge >= 0.3 is 0 Å². The SMILES string of the molecule is [2H]c1c([2H])c(N)c2c(=O)n(C3(C)C(=O)NC(=O)C([2H])([2H])C3([2H])[2H])c(C)nc2c1[2H]. The fourth-order valence-corrected chi connectivity index (χ4v) is 2.36. The van der Waals surface area contributed by atoms with E-state index in [1.54, 1.807) is 5.32 Å². The van der Waals surface area contributed by atoms with Crippen LogP contribution in [0, 0.1) is 6.92 Å². The van der Waals surface area contributed by atoms with E-state index in [0.29, 0.717) is 4.57 Å². The van der Waals surface area contributed by atoms with E-state index in [1.807, 2.05) is 0 Å². The van der Waals surface area contributed by atoms with Gasteiger partial charge in [-0.2, -0.15) is 0 Å². The second kappa shape index (κ2) is 4.66. The molecular weight excluding hydrogens is 284 g/mol. The van der Waals surface area contributed by atoms with Gasteiger partial charge in [-0.25, -0.2) is 4.98 Å². The fraction of sp³-hybridized carbons (Fsp3) is 0.333. The van der Waals surface area contributed by atoms with E-state index in [1.165, 1.54) is 6.92 Å². The maximum atomic E-state index is 13.3. The number of benzene rings is 1. The predicted molar refractivity (Wildman–Crippen MR) is 81.2 cm³/mol. The molecule has 0 radical (unpaired) electrons. The van der Waals surface area contributed by atoms with Gasteiger partial charge in [0.25, 0.3) is 11.5 Å². The van der Waals surface area contributed by atoms with Crippen molar-refractivity contribution in [2.24, 2.45) is 0 Å². The van der Waals surface area contributed by atoms with Crippen molar-refractivity contribution in [2.75, 3.05) is 5.73 Å². The van der Waals surface area contributed by atoms with E-state index in [4.69, 9.17) is 15.3 Å². The number of imide groups is 1. The van der Waals surface area contributed by atoms with E-state index in [0.717, 1.165) is 6.92 Å². The highest BCUT2D eigenvalue weighted by Gasteiger charge is 2.42. The van der Waals surface area contributed by atoms with Crippen LogP contribution in [0.5, 0.6) is 0 Å². The van der Waals surface area contributed by atoms with Crippen LogP contribution in [-0.4, -0.2) is 21.4 Å². The van der Waals surface area contributed by atoms with Crippen molar-refractivity contribution in [1.82, 2.24) is 14.9 Å². The number of aromatic nitrogens is 2. The van der Waals surface area contributed by atoms with Gasteiger partial charge in [-0.15, -0.1) is 0 Å². The number of carbonyl (C=O) groups excluding carboxylic acids is 2.